The van der Waals surface area contributed by atoms with Crippen LogP contribution >= 0.6 is 0 Å². The first-order valence-electron chi connectivity index (χ1n) is 8.70. The summed E-state index contributed by atoms with van der Waals surface area (Å²) in [6, 6.07) is 0.465. The molecule has 1 amide bonds. The summed E-state index contributed by atoms with van der Waals surface area (Å²) in [7, 11) is 0. The summed E-state index contributed by atoms with van der Waals surface area (Å²) in [6.07, 6.45) is 4.70. The number of hydrogen-bond donors (Lipinski definition) is 1. The predicted molar refractivity (Wildman–Crippen MR) is 87.1 cm³/mol. The van der Waals surface area contributed by atoms with Crippen LogP contribution < -0.4 is 5.32 Å². The third kappa shape index (κ3) is 3.59. The molecule has 122 valence electrons. The van der Waals surface area contributed by atoms with Crippen molar-refractivity contribution >= 4 is 5.91 Å². The summed E-state index contributed by atoms with van der Waals surface area (Å²) in [5.41, 5.74) is -0.371. The largest absolute Gasteiger partial charge is 0.324 e. The number of carbonyl (C=O) groups is 1. The van der Waals surface area contributed by atoms with E-state index < -0.39 is 0 Å². The molecule has 2 heterocycles. The highest BCUT2D eigenvalue weighted by atomic mass is 16.2. The van der Waals surface area contributed by atoms with Crippen LogP contribution in [0, 0.1) is 5.92 Å². The van der Waals surface area contributed by atoms with E-state index in [0.717, 1.165) is 19.4 Å². The van der Waals surface area contributed by atoms with Crippen molar-refractivity contribution in [3.8, 4) is 0 Å². The van der Waals surface area contributed by atoms with Gasteiger partial charge in [0.1, 0.15) is 0 Å². The maximum absolute atomic E-state index is 12.8. The molecule has 0 aromatic rings. The topological polar surface area (TPSA) is 35.6 Å². The Morgan fingerprint density at radius 2 is 1.90 bits per heavy atom. The Morgan fingerprint density at radius 1 is 1.29 bits per heavy atom. The molecule has 3 atom stereocenters. The summed E-state index contributed by atoms with van der Waals surface area (Å²) in [5.74, 6) is 0.890. The van der Waals surface area contributed by atoms with Gasteiger partial charge in [0.25, 0.3) is 0 Å². The molecule has 4 nitrogen and oxygen atoms in total. The Bertz CT molecular complexity index is 365. The van der Waals surface area contributed by atoms with Gasteiger partial charge in [0.05, 0.1) is 11.7 Å². The average Bonchev–Trinajstić information content (AvgIpc) is 3.02. The van der Waals surface area contributed by atoms with Gasteiger partial charge in [0, 0.05) is 12.6 Å². The number of amides is 1. The van der Waals surface area contributed by atoms with Crippen LogP contribution in [0.3, 0.4) is 0 Å². The second-order valence-corrected chi connectivity index (χ2v) is 7.52. The molecule has 3 unspecified atom stereocenters. The van der Waals surface area contributed by atoms with Gasteiger partial charge in [-0.15, -0.1) is 0 Å². The number of rotatable bonds is 6. The van der Waals surface area contributed by atoms with E-state index >= 15 is 0 Å². The summed E-state index contributed by atoms with van der Waals surface area (Å²) in [4.78, 5) is 17.5. The van der Waals surface area contributed by atoms with Crippen molar-refractivity contribution in [3.63, 3.8) is 0 Å². The molecule has 21 heavy (non-hydrogen) atoms. The third-order valence-electron chi connectivity index (χ3n) is 5.22. The number of likely N-dealkylation sites (tertiary alicyclic amines) is 1. The highest BCUT2D eigenvalue weighted by Crippen LogP contribution is 2.27. The monoisotopic (exact) mass is 295 g/mol. The molecule has 0 aliphatic carbocycles. The fraction of sp³-hybridized carbons (Fsp3) is 0.941. The maximum atomic E-state index is 12.8. The molecule has 2 aliphatic rings. The minimum atomic E-state index is -0.371. The lowest BCUT2D eigenvalue weighted by Crippen LogP contribution is -2.46. The molecule has 4 heteroatoms. The molecule has 2 fully saturated rings. The maximum Gasteiger partial charge on any atom is 0.243 e. The highest BCUT2D eigenvalue weighted by molar-refractivity contribution is 5.88. The standard InChI is InChI=1S/C17H33N3O/c1-6-17(5)16(21)20(15(18-17)11-13(2)3)12-14(4)19-9-7-8-10-19/h13-15,18H,6-12H2,1-5H3. The SMILES string of the molecule is CCC1(C)NC(CC(C)C)N(CC(C)N2CCCC2)C1=O. The lowest BCUT2D eigenvalue weighted by molar-refractivity contribution is -0.133. The van der Waals surface area contributed by atoms with Crippen LogP contribution in [0.25, 0.3) is 0 Å². The fourth-order valence-electron chi connectivity index (χ4n) is 3.64. The average molecular weight is 295 g/mol. The summed E-state index contributed by atoms with van der Waals surface area (Å²) >= 11 is 0. The van der Waals surface area contributed by atoms with Crippen LogP contribution in [0.15, 0.2) is 0 Å². The van der Waals surface area contributed by atoms with E-state index in [1.807, 2.05) is 0 Å². The van der Waals surface area contributed by atoms with Crippen molar-refractivity contribution in [3.05, 3.63) is 0 Å². The summed E-state index contributed by atoms with van der Waals surface area (Å²) < 4.78 is 0. The molecule has 1 N–H and O–H groups in total. The van der Waals surface area contributed by atoms with Gasteiger partial charge in [-0.25, -0.2) is 0 Å². The molecule has 2 saturated heterocycles. The van der Waals surface area contributed by atoms with Gasteiger partial charge in [0.2, 0.25) is 5.91 Å². The van der Waals surface area contributed by atoms with Crippen LogP contribution in [-0.4, -0.2) is 53.1 Å². The summed E-state index contributed by atoms with van der Waals surface area (Å²) in [6.45, 7) is 14.1. The van der Waals surface area contributed by atoms with E-state index in [-0.39, 0.29) is 11.7 Å². The fourth-order valence-corrected chi connectivity index (χ4v) is 3.64. The Kier molecular flexibility index (Phi) is 5.31. The van der Waals surface area contributed by atoms with Crippen molar-refractivity contribution in [2.45, 2.75) is 78.0 Å². The molecule has 0 radical (unpaired) electrons. The van der Waals surface area contributed by atoms with Gasteiger partial charge in [-0.05, 0) is 58.5 Å². The lowest BCUT2D eigenvalue weighted by Gasteiger charge is -2.32. The molecular formula is C17H33N3O. The van der Waals surface area contributed by atoms with Gasteiger partial charge < -0.3 is 4.90 Å². The zero-order chi connectivity index (χ0) is 15.6. The number of hydrogen-bond acceptors (Lipinski definition) is 3. The number of nitrogens with zero attached hydrogens (tertiary/aromatic N) is 2. The van der Waals surface area contributed by atoms with Crippen molar-refractivity contribution in [1.29, 1.82) is 0 Å². The van der Waals surface area contributed by atoms with Gasteiger partial charge in [-0.1, -0.05) is 20.8 Å². The molecule has 2 aliphatic heterocycles. The minimum Gasteiger partial charge on any atom is -0.324 e. The van der Waals surface area contributed by atoms with Crippen molar-refractivity contribution in [2.75, 3.05) is 19.6 Å². The van der Waals surface area contributed by atoms with Crippen molar-refractivity contribution < 1.29 is 4.79 Å². The van der Waals surface area contributed by atoms with Crippen LogP contribution in [0.5, 0.6) is 0 Å². The molecule has 0 saturated carbocycles. The second-order valence-electron chi connectivity index (χ2n) is 7.52. The van der Waals surface area contributed by atoms with E-state index in [1.165, 1.54) is 25.9 Å². The Hall–Kier alpha value is -0.610. The number of nitrogens with one attached hydrogen (secondary N) is 1. The first kappa shape index (κ1) is 16.8. The van der Waals surface area contributed by atoms with E-state index in [1.54, 1.807) is 0 Å². The van der Waals surface area contributed by atoms with Gasteiger partial charge in [-0.3, -0.25) is 15.0 Å². The molecule has 0 aromatic carbocycles. The Morgan fingerprint density at radius 3 is 2.43 bits per heavy atom. The molecule has 0 bridgehead atoms. The van der Waals surface area contributed by atoms with E-state index in [0.29, 0.717) is 17.9 Å². The Balaban J connectivity index is 2.06. The first-order valence-corrected chi connectivity index (χ1v) is 8.70. The van der Waals surface area contributed by atoms with Gasteiger partial charge in [0.15, 0.2) is 0 Å². The van der Waals surface area contributed by atoms with Crippen molar-refractivity contribution in [1.82, 2.24) is 15.1 Å². The summed E-state index contributed by atoms with van der Waals surface area (Å²) in [5, 5.41) is 3.60. The van der Waals surface area contributed by atoms with Gasteiger partial charge in [-0.2, -0.15) is 0 Å². The lowest BCUT2D eigenvalue weighted by atomic mass is 9.99. The van der Waals surface area contributed by atoms with Crippen LogP contribution in [-0.2, 0) is 4.79 Å². The number of carbonyl (C=O) groups excluding carboxylic acids is 1. The van der Waals surface area contributed by atoms with Gasteiger partial charge >= 0.3 is 0 Å². The minimum absolute atomic E-state index is 0.201. The van der Waals surface area contributed by atoms with E-state index in [4.69, 9.17) is 0 Å². The predicted octanol–water partition coefficient (Wildman–Crippen LogP) is 2.44. The highest BCUT2D eigenvalue weighted by Gasteiger charge is 2.47. The molecule has 2 rings (SSSR count). The van der Waals surface area contributed by atoms with Crippen molar-refractivity contribution in [2.24, 2.45) is 5.92 Å². The first-order chi connectivity index (χ1) is 9.87. The zero-order valence-corrected chi connectivity index (χ0v) is 14.5. The quantitative estimate of drug-likeness (QED) is 0.817. The Labute approximate surface area is 130 Å². The zero-order valence-electron chi connectivity index (χ0n) is 14.5. The van der Waals surface area contributed by atoms with Crippen LogP contribution in [0.2, 0.25) is 0 Å². The molecular weight excluding hydrogens is 262 g/mol. The molecule has 0 spiro atoms. The smallest absolute Gasteiger partial charge is 0.243 e. The molecule has 0 aromatic heterocycles. The second kappa shape index (κ2) is 6.66. The van der Waals surface area contributed by atoms with Crippen LogP contribution in [0.4, 0.5) is 0 Å². The van der Waals surface area contributed by atoms with Crippen LogP contribution in [0.1, 0.15) is 60.3 Å². The normalized spacial score (nSPS) is 32.4. The van der Waals surface area contributed by atoms with E-state index in [2.05, 4.69) is 49.7 Å². The third-order valence-corrected chi connectivity index (χ3v) is 5.22. The van der Waals surface area contributed by atoms with E-state index in [9.17, 15) is 4.79 Å².